The fourth-order valence-corrected chi connectivity index (χ4v) is 2.82. The summed E-state index contributed by atoms with van der Waals surface area (Å²) in [4.78, 5) is 2.43. The average molecular weight is 297 g/mol. The molecule has 1 aliphatic rings. The van der Waals surface area contributed by atoms with Gasteiger partial charge in [-0.2, -0.15) is 0 Å². The third-order valence-corrected chi connectivity index (χ3v) is 4.16. The van der Waals surface area contributed by atoms with Crippen molar-refractivity contribution in [3.8, 4) is 11.1 Å². The van der Waals surface area contributed by atoms with Crippen LogP contribution in [0.25, 0.3) is 11.1 Å². The Morgan fingerprint density at radius 2 is 1.77 bits per heavy atom. The van der Waals surface area contributed by atoms with Crippen molar-refractivity contribution in [1.82, 2.24) is 4.90 Å². The summed E-state index contributed by atoms with van der Waals surface area (Å²) in [7, 11) is 0. The normalized spacial score (nSPS) is 17.4. The maximum absolute atomic E-state index is 9.60. The Bertz CT molecular complexity index is 601. The summed E-state index contributed by atoms with van der Waals surface area (Å²) in [6.07, 6.45) is -0.415. The first kappa shape index (κ1) is 15.2. The van der Waals surface area contributed by atoms with Gasteiger partial charge in [0.05, 0.1) is 19.3 Å². The predicted molar refractivity (Wildman–Crippen MR) is 88.6 cm³/mol. The molecule has 0 amide bonds. The quantitative estimate of drug-likeness (QED) is 0.940. The largest absolute Gasteiger partial charge is 0.389 e. The van der Waals surface area contributed by atoms with Crippen LogP contribution in [0.4, 0.5) is 0 Å². The van der Waals surface area contributed by atoms with E-state index < -0.39 is 6.10 Å². The van der Waals surface area contributed by atoms with E-state index in [1.165, 1.54) is 16.7 Å². The zero-order valence-corrected chi connectivity index (χ0v) is 13.0. The number of aliphatic hydroxyl groups is 1. The molecule has 0 bridgehead atoms. The molecule has 0 aliphatic carbocycles. The van der Waals surface area contributed by atoms with Crippen molar-refractivity contribution in [1.29, 1.82) is 0 Å². The van der Waals surface area contributed by atoms with Crippen molar-refractivity contribution in [2.24, 2.45) is 0 Å². The number of ether oxygens (including phenoxy) is 1. The Morgan fingerprint density at radius 3 is 2.45 bits per heavy atom. The summed E-state index contributed by atoms with van der Waals surface area (Å²) >= 11 is 0. The minimum absolute atomic E-state index is 0.415. The van der Waals surface area contributed by atoms with Crippen LogP contribution in [0.15, 0.2) is 48.5 Å². The van der Waals surface area contributed by atoms with Crippen molar-refractivity contribution < 1.29 is 9.84 Å². The molecule has 3 heteroatoms. The number of hydrogen-bond acceptors (Lipinski definition) is 3. The molecule has 0 aromatic heterocycles. The highest BCUT2D eigenvalue weighted by molar-refractivity contribution is 5.64. The van der Waals surface area contributed by atoms with E-state index in [9.17, 15) is 5.11 Å². The highest BCUT2D eigenvalue weighted by Gasteiger charge is 2.11. The molecule has 0 spiro atoms. The van der Waals surface area contributed by atoms with Crippen LogP contribution in [0, 0.1) is 0 Å². The second kappa shape index (κ2) is 7.05. The van der Waals surface area contributed by atoms with Crippen LogP contribution >= 0.6 is 0 Å². The fraction of sp³-hybridized carbons (Fsp3) is 0.368. The molecule has 0 radical (unpaired) electrons. The molecule has 22 heavy (non-hydrogen) atoms. The van der Waals surface area contributed by atoms with Gasteiger partial charge in [0.1, 0.15) is 0 Å². The minimum atomic E-state index is -0.415. The number of nitrogens with zero attached hydrogens (tertiary/aromatic N) is 1. The first-order chi connectivity index (χ1) is 10.7. The molecule has 0 saturated carbocycles. The summed E-state index contributed by atoms with van der Waals surface area (Å²) in [6.45, 7) is 6.45. The third kappa shape index (κ3) is 3.74. The van der Waals surface area contributed by atoms with E-state index in [4.69, 9.17) is 4.74 Å². The van der Waals surface area contributed by atoms with E-state index in [-0.39, 0.29) is 0 Å². The first-order valence-corrected chi connectivity index (χ1v) is 7.90. The SMILES string of the molecule is C[C@H](O)c1ccc(-c2cccc(CN3CCOCC3)c2)cc1. The standard InChI is InChI=1S/C19H23NO2/c1-15(21)17-5-7-18(8-6-17)19-4-2-3-16(13-19)14-20-9-11-22-12-10-20/h2-8,13,15,21H,9-12,14H2,1H3/t15-/m0/s1. The van der Waals surface area contributed by atoms with Gasteiger partial charge in [-0.1, -0.05) is 42.5 Å². The first-order valence-electron chi connectivity index (χ1n) is 7.90. The number of aliphatic hydroxyl groups excluding tert-OH is 1. The molecule has 2 aromatic carbocycles. The van der Waals surface area contributed by atoms with Gasteiger partial charge in [-0.3, -0.25) is 4.90 Å². The van der Waals surface area contributed by atoms with E-state index in [1.54, 1.807) is 6.92 Å². The molecule has 1 fully saturated rings. The van der Waals surface area contributed by atoms with Crippen LogP contribution in [0.5, 0.6) is 0 Å². The van der Waals surface area contributed by atoms with Crippen LogP contribution < -0.4 is 0 Å². The molecule has 1 aliphatic heterocycles. The molecule has 3 rings (SSSR count). The third-order valence-electron chi connectivity index (χ3n) is 4.16. The molecule has 116 valence electrons. The Kier molecular flexibility index (Phi) is 4.88. The molecule has 2 aromatic rings. The van der Waals surface area contributed by atoms with Crippen molar-refractivity contribution in [2.45, 2.75) is 19.6 Å². The molecule has 1 N–H and O–H groups in total. The lowest BCUT2D eigenvalue weighted by molar-refractivity contribution is 0.0342. The van der Waals surface area contributed by atoms with Crippen LogP contribution in [-0.4, -0.2) is 36.3 Å². The molecule has 0 unspecified atom stereocenters. The molecular formula is C19H23NO2. The van der Waals surface area contributed by atoms with Gasteiger partial charge in [-0.25, -0.2) is 0 Å². The molecule has 1 heterocycles. The smallest absolute Gasteiger partial charge is 0.0761 e. The Labute approximate surface area is 132 Å². The van der Waals surface area contributed by atoms with Crippen molar-refractivity contribution in [3.05, 3.63) is 59.7 Å². The van der Waals surface area contributed by atoms with Gasteiger partial charge in [0.2, 0.25) is 0 Å². The van der Waals surface area contributed by atoms with Crippen LogP contribution in [0.3, 0.4) is 0 Å². The monoisotopic (exact) mass is 297 g/mol. The Morgan fingerprint density at radius 1 is 1.05 bits per heavy atom. The van der Waals surface area contributed by atoms with Crippen molar-refractivity contribution in [3.63, 3.8) is 0 Å². The zero-order chi connectivity index (χ0) is 15.4. The lowest BCUT2D eigenvalue weighted by Crippen LogP contribution is -2.35. The molecular weight excluding hydrogens is 274 g/mol. The van der Waals surface area contributed by atoms with Gasteiger partial charge in [-0.15, -0.1) is 0 Å². The summed E-state index contributed by atoms with van der Waals surface area (Å²) in [5, 5.41) is 9.60. The van der Waals surface area contributed by atoms with E-state index in [1.807, 2.05) is 12.1 Å². The number of benzene rings is 2. The van der Waals surface area contributed by atoms with Gasteiger partial charge in [-0.05, 0) is 35.2 Å². The topological polar surface area (TPSA) is 32.7 Å². The van der Waals surface area contributed by atoms with E-state index >= 15 is 0 Å². The summed E-state index contributed by atoms with van der Waals surface area (Å²) < 4.78 is 5.40. The Hall–Kier alpha value is -1.68. The Balaban J connectivity index is 1.75. The van der Waals surface area contributed by atoms with Crippen molar-refractivity contribution in [2.75, 3.05) is 26.3 Å². The average Bonchev–Trinajstić information content (AvgIpc) is 2.56. The second-order valence-electron chi connectivity index (χ2n) is 5.89. The molecule has 3 nitrogen and oxygen atoms in total. The highest BCUT2D eigenvalue weighted by Crippen LogP contribution is 2.23. The van der Waals surface area contributed by atoms with Crippen LogP contribution in [0.2, 0.25) is 0 Å². The zero-order valence-electron chi connectivity index (χ0n) is 13.0. The summed E-state index contributed by atoms with van der Waals surface area (Å²) in [5.74, 6) is 0. The van der Waals surface area contributed by atoms with E-state index in [2.05, 4.69) is 41.3 Å². The number of rotatable bonds is 4. The maximum Gasteiger partial charge on any atom is 0.0761 e. The maximum atomic E-state index is 9.60. The van der Waals surface area contributed by atoms with E-state index in [0.717, 1.165) is 38.4 Å². The van der Waals surface area contributed by atoms with Gasteiger partial charge in [0.25, 0.3) is 0 Å². The van der Waals surface area contributed by atoms with E-state index in [0.29, 0.717) is 0 Å². The predicted octanol–water partition coefficient (Wildman–Crippen LogP) is 3.24. The van der Waals surface area contributed by atoms with Gasteiger partial charge in [0, 0.05) is 19.6 Å². The second-order valence-corrected chi connectivity index (χ2v) is 5.89. The summed E-state index contributed by atoms with van der Waals surface area (Å²) in [5.41, 5.74) is 4.70. The lowest BCUT2D eigenvalue weighted by atomic mass is 10.0. The summed E-state index contributed by atoms with van der Waals surface area (Å²) in [6, 6.07) is 16.8. The molecule has 1 atom stereocenters. The van der Waals surface area contributed by atoms with Crippen molar-refractivity contribution >= 4 is 0 Å². The van der Waals surface area contributed by atoms with Crippen LogP contribution in [-0.2, 0) is 11.3 Å². The van der Waals surface area contributed by atoms with Crippen LogP contribution in [0.1, 0.15) is 24.2 Å². The minimum Gasteiger partial charge on any atom is -0.389 e. The van der Waals surface area contributed by atoms with Gasteiger partial charge >= 0.3 is 0 Å². The van der Waals surface area contributed by atoms with Gasteiger partial charge in [0.15, 0.2) is 0 Å². The number of morpholine rings is 1. The number of hydrogen-bond donors (Lipinski definition) is 1. The molecule has 1 saturated heterocycles. The highest BCUT2D eigenvalue weighted by atomic mass is 16.5. The fourth-order valence-electron chi connectivity index (χ4n) is 2.82. The lowest BCUT2D eigenvalue weighted by Gasteiger charge is -2.26. The van der Waals surface area contributed by atoms with Gasteiger partial charge < -0.3 is 9.84 Å².